The second kappa shape index (κ2) is 3.98. The van der Waals surface area contributed by atoms with Crippen LogP contribution in [0, 0.1) is 0 Å². The Balaban J connectivity index is 2.29. The van der Waals surface area contributed by atoms with Crippen molar-refractivity contribution in [1.82, 2.24) is 4.98 Å². The predicted molar refractivity (Wildman–Crippen MR) is 80.8 cm³/mol. The number of fused-ring (bicyclic) bond motifs is 2. The van der Waals surface area contributed by atoms with E-state index in [1.807, 2.05) is 24.3 Å². The lowest BCUT2D eigenvalue weighted by Gasteiger charge is -2.36. The average molecular weight is 355 g/mol. The van der Waals surface area contributed by atoms with E-state index in [0.29, 0.717) is 9.80 Å². The summed E-state index contributed by atoms with van der Waals surface area (Å²) >= 11 is 2.36. The molecule has 4 heteroatoms. The third kappa shape index (κ3) is 1.74. The lowest BCUT2D eigenvalue weighted by molar-refractivity contribution is 0.0901. The van der Waals surface area contributed by atoms with Crippen LogP contribution < -0.4 is 10.2 Å². The number of hydrogen-bond donors (Lipinski definition) is 1. The molecule has 0 radical (unpaired) electrons. The van der Waals surface area contributed by atoms with E-state index in [1.165, 1.54) is 0 Å². The number of hydrogen-bond acceptors (Lipinski definition) is 2. The van der Waals surface area contributed by atoms with Gasteiger partial charge in [-0.05, 0) is 32.4 Å². The molecule has 0 aliphatic carbocycles. The zero-order chi connectivity index (χ0) is 12.9. The maximum absolute atomic E-state index is 12.4. The van der Waals surface area contributed by atoms with Crippen LogP contribution in [0.15, 0.2) is 29.1 Å². The number of nitrogens with one attached hydrogen (secondary N) is 1. The standard InChI is InChI=1S/C14H14INO2/c1-14(2)11(15)7-9-12(17)8-5-3-4-6-10(8)16-13(9)18-14/h3-6,11H,7H2,1-2H3,(H,16,17). The molecule has 1 N–H and O–H groups in total. The Kier molecular flexibility index (Phi) is 2.66. The van der Waals surface area contributed by atoms with Crippen LogP contribution in [0.1, 0.15) is 19.4 Å². The molecule has 0 saturated heterocycles. The highest BCUT2D eigenvalue weighted by molar-refractivity contribution is 14.1. The van der Waals surface area contributed by atoms with Gasteiger partial charge in [0.1, 0.15) is 5.60 Å². The van der Waals surface area contributed by atoms with Crippen molar-refractivity contribution in [3.05, 3.63) is 40.1 Å². The molecule has 2 aromatic rings. The van der Waals surface area contributed by atoms with E-state index in [2.05, 4.69) is 41.4 Å². The van der Waals surface area contributed by atoms with Gasteiger partial charge >= 0.3 is 0 Å². The SMILES string of the molecule is CC1(C)Oc2[nH]c3ccccc3c(=O)c2CC1I. The molecule has 0 saturated carbocycles. The van der Waals surface area contributed by atoms with E-state index in [9.17, 15) is 4.79 Å². The van der Waals surface area contributed by atoms with Crippen molar-refractivity contribution in [2.45, 2.75) is 29.8 Å². The van der Waals surface area contributed by atoms with E-state index >= 15 is 0 Å². The number of alkyl halides is 1. The summed E-state index contributed by atoms with van der Waals surface area (Å²) in [5.74, 6) is 0.636. The van der Waals surface area contributed by atoms with Gasteiger partial charge < -0.3 is 9.72 Å². The van der Waals surface area contributed by atoms with Gasteiger partial charge in [-0.3, -0.25) is 4.79 Å². The third-order valence-electron chi connectivity index (χ3n) is 3.47. The number of aromatic amines is 1. The van der Waals surface area contributed by atoms with Crippen LogP contribution in [-0.2, 0) is 6.42 Å². The van der Waals surface area contributed by atoms with Gasteiger partial charge in [0.05, 0.1) is 15.0 Å². The number of H-pyrrole nitrogens is 1. The topological polar surface area (TPSA) is 42.1 Å². The minimum absolute atomic E-state index is 0.0940. The molecular formula is C14H14INO2. The van der Waals surface area contributed by atoms with Gasteiger partial charge in [0.15, 0.2) is 11.3 Å². The van der Waals surface area contributed by atoms with Crippen LogP contribution >= 0.6 is 22.6 Å². The van der Waals surface area contributed by atoms with Crippen LogP contribution in [0.5, 0.6) is 5.88 Å². The average Bonchev–Trinajstić information content (AvgIpc) is 2.32. The van der Waals surface area contributed by atoms with Crippen molar-refractivity contribution in [2.24, 2.45) is 0 Å². The van der Waals surface area contributed by atoms with Crippen molar-refractivity contribution in [3.8, 4) is 5.88 Å². The molecule has 0 bridgehead atoms. The van der Waals surface area contributed by atoms with Crippen LogP contribution in [0.2, 0.25) is 0 Å². The second-order valence-corrected chi connectivity index (χ2v) is 6.69. The Labute approximate surface area is 119 Å². The lowest BCUT2D eigenvalue weighted by atomic mass is 9.95. The summed E-state index contributed by atoms with van der Waals surface area (Å²) < 4.78 is 6.25. The Morgan fingerprint density at radius 2 is 2.11 bits per heavy atom. The number of rotatable bonds is 0. The summed E-state index contributed by atoms with van der Waals surface area (Å²) in [6.45, 7) is 4.11. The summed E-state index contributed by atoms with van der Waals surface area (Å²) in [4.78, 5) is 15.7. The maximum Gasteiger partial charge on any atom is 0.199 e. The first-order valence-corrected chi connectivity index (χ1v) is 7.20. The molecule has 1 aromatic carbocycles. The molecule has 2 heterocycles. The number of ether oxygens (including phenoxy) is 1. The van der Waals surface area contributed by atoms with Gasteiger partial charge in [-0.15, -0.1) is 0 Å². The fourth-order valence-corrected chi connectivity index (χ4v) is 2.85. The van der Waals surface area contributed by atoms with Crippen LogP contribution in [0.4, 0.5) is 0 Å². The summed E-state index contributed by atoms with van der Waals surface area (Å²) in [7, 11) is 0. The molecule has 1 atom stereocenters. The summed E-state index contributed by atoms with van der Waals surface area (Å²) in [5.41, 5.74) is 1.45. The second-order valence-electron chi connectivity index (χ2n) is 5.18. The normalized spacial score (nSPS) is 21.4. The van der Waals surface area contributed by atoms with Gasteiger partial charge in [0.2, 0.25) is 0 Å². The summed E-state index contributed by atoms with van der Waals surface area (Å²) in [6.07, 6.45) is 0.753. The molecule has 3 nitrogen and oxygen atoms in total. The molecule has 0 amide bonds. The number of para-hydroxylation sites is 1. The monoisotopic (exact) mass is 355 g/mol. The molecule has 1 aliphatic heterocycles. The predicted octanol–water partition coefficient (Wildman–Crippen LogP) is 3.05. The van der Waals surface area contributed by atoms with Crippen LogP contribution in [0.3, 0.4) is 0 Å². The molecule has 1 unspecified atom stereocenters. The Hall–Kier alpha value is -1.04. The first-order valence-electron chi connectivity index (χ1n) is 5.96. The molecule has 94 valence electrons. The van der Waals surface area contributed by atoms with Crippen molar-refractivity contribution >= 4 is 33.5 Å². The summed E-state index contributed by atoms with van der Waals surface area (Å²) in [5, 5.41) is 0.739. The largest absolute Gasteiger partial charge is 0.472 e. The number of benzene rings is 1. The van der Waals surface area contributed by atoms with Crippen molar-refractivity contribution < 1.29 is 4.74 Å². The van der Waals surface area contributed by atoms with Crippen LogP contribution in [0.25, 0.3) is 10.9 Å². The lowest BCUT2D eigenvalue weighted by Crippen LogP contribution is -2.44. The highest BCUT2D eigenvalue weighted by Gasteiger charge is 2.37. The highest BCUT2D eigenvalue weighted by atomic mass is 127. The molecule has 0 spiro atoms. The van der Waals surface area contributed by atoms with E-state index in [4.69, 9.17) is 4.74 Å². The van der Waals surface area contributed by atoms with E-state index < -0.39 is 0 Å². The fraction of sp³-hybridized carbons (Fsp3) is 0.357. The molecule has 3 rings (SSSR count). The van der Waals surface area contributed by atoms with Gasteiger partial charge in [-0.1, -0.05) is 34.7 Å². The minimum atomic E-state index is -0.251. The quantitative estimate of drug-likeness (QED) is 0.583. The number of pyridine rings is 1. The van der Waals surface area contributed by atoms with E-state index in [-0.39, 0.29) is 11.0 Å². The zero-order valence-electron chi connectivity index (χ0n) is 10.3. The molecule has 1 aromatic heterocycles. The highest BCUT2D eigenvalue weighted by Crippen LogP contribution is 2.35. The van der Waals surface area contributed by atoms with Gasteiger partial charge in [-0.2, -0.15) is 0 Å². The van der Waals surface area contributed by atoms with Crippen molar-refractivity contribution in [3.63, 3.8) is 0 Å². The Bertz CT molecular complexity index is 675. The minimum Gasteiger partial charge on any atom is -0.472 e. The van der Waals surface area contributed by atoms with Crippen LogP contribution in [-0.4, -0.2) is 14.5 Å². The first kappa shape index (κ1) is 12.0. The van der Waals surface area contributed by atoms with Gasteiger partial charge in [0.25, 0.3) is 0 Å². The maximum atomic E-state index is 12.4. The number of aromatic nitrogens is 1. The molecule has 0 fully saturated rings. The van der Waals surface area contributed by atoms with Gasteiger partial charge in [-0.25, -0.2) is 0 Å². The number of halogens is 1. The van der Waals surface area contributed by atoms with Crippen molar-refractivity contribution in [1.29, 1.82) is 0 Å². The van der Waals surface area contributed by atoms with E-state index in [0.717, 1.165) is 22.9 Å². The smallest absolute Gasteiger partial charge is 0.199 e. The third-order valence-corrected chi connectivity index (χ3v) is 5.41. The zero-order valence-corrected chi connectivity index (χ0v) is 12.4. The molecule has 18 heavy (non-hydrogen) atoms. The van der Waals surface area contributed by atoms with Crippen molar-refractivity contribution in [2.75, 3.05) is 0 Å². The van der Waals surface area contributed by atoms with E-state index in [1.54, 1.807) is 0 Å². The molecular weight excluding hydrogens is 341 g/mol. The fourth-order valence-electron chi connectivity index (χ4n) is 2.28. The van der Waals surface area contributed by atoms with Gasteiger partial charge in [0, 0.05) is 5.39 Å². The first-order chi connectivity index (χ1) is 8.49. The summed E-state index contributed by atoms with van der Waals surface area (Å²) in [6, 6.07) is 7.57. The Morgan fingerprint density at radius 1 is 1.39 bits per heavy atom. The molecule has 1 aliphatic rings. The Morgan fingerprint density at radius 3 is 2.89 bits per heavy atom.